The van der Waals surface area contributed by atoms with E-state index in [1.165, 1.54) is 0 Å². The van der Waals surface area contributed by atoms with E-state index in [1.807, 2.05) is 12.3 Å². The van der Waals surface area contributed by atoms with Crippen LogP contribution >= 0.6 is 15.9 Å². The van der Waals surface area contributed by atoms with Crippen molar-refractivity contribution in [2.24, 2.45) is 0 Å². The number of hydrogen-bond donors (Lipinski definition) is 0. The molecule has 0 saturated heterocycles. The molecule has 0 unspecified atom stereocenters. The molecule has 0 aliphatic carbocycles. The van der Waals surface area contributed by atoms with Gasteiger partial charge in [-0.15, -0.1) is 0 Å². The summed E-state index contributed by atoms with van der Waals surface area (Å²) in [6.45, 7) is 1.04. The van der Waals surface area contributed by atoms with Crippen molar-refractivity contribution in [3.63, 3.8) is 0 Å². The molecular weight excluding hydrogens is 272 g/mol. The van der Waals surface area contributed by atoms with Gasteiger partial charge in [0.2, 0.25) is 5.91 Å². The van der Waals surface area contributed by atoms with Crippen LogP contribution in [0.3, 0.4) is 0 Å². The Morgan fingerprint density at radius 2 is 2.50 bits per heavy atom. The summed E-state index contributed by atoms with van der Waals surface area (Å²) in [4.78, 5) is 13.2. The number of nitriles is 1. The molecule has 1 aromatic rings. The molecule has 0 saturated carbocycles. The maximum absolute atomic E-state index is 11.6. The number of carbonyl (C=O) groups is 1. The maximum atomic E-state index is 11.6. The molecule has 16 heavy (non-hydrogen) atoms. The predicted octanol–water partition coefficient (Wildman–Crippen LogP) is 1.41. The van der Waals surface area contributed by atoms with Crippen LogP contribution in [-0.2, 0) is 11.3 Å². The third-order valence-electron chi connectivity index (χ3n) is 2.14. The highest BCUT2D eigenvalue weighted by atomic mass is 79.9. The summed E-state index contributed by atoms with van der Waals surface area (Å²) in [6, 6.07) is 2.01. The van der Waals surface area contributed by atoms with Gasteiger partial charge < -0.3 is 4.90 Å². The molecule has 1 amide bonds. The minimum absolute atomic E-state index is 0.0295. The lowest BCUT2D eigenvalue weighted by Gasteiger charge is -2.15. The van der Waals surface area contributed by atoms with Crippen molar-refractivity contribution in [1.29, 1.82) is 5.26 Å². The van der Waals surface area contributed by atoms with Gasteiger partial charge in [0.15, 0.2) is 0 Å². The number of nitrogens with zero attached hydrogens (tertiary/aromatic N) is 4. The third-order valence-corrected chi connectivity index (χ3v) is 2.55. The number of hydrogen-bond acceptors (Lipinski definition) is 3. The van der Waals surface area contributed by atoms with Crippen LogP contribution in [0.4, 0.5) is 0 Å². The van der Waals surface area contributed by atoms with Crippen LogP contribution < -0.4 is 0 Å². The molecule has 1 rings (SSSR count). The van der Waals surface area contributed by atoms with Crippen molar-refractivity contribution >= 4 is 21.8 Å². The van der Waals surface area contributed by atoms with E-state index in [2.05, 4.69) is 21.0 Å². The van der Waals surface area contributed by atoms with E-state index in [-0.39, 0.29) is 5.91 Å². The quantitative estimate of drug-likeness (QED) is 0.821. The summed E-state index contributed by atoms with van der Waals surface area (Å²) in [5, 5.41) is 12.5. The van der Waals surface area contributed by atoms with Gasteiger partial charge in [-0.25, -0.2) is 0 Å². The number of amides is 1. The molecule has 0 radical (unpaired) electrons. The molecule has 0 atom stereocenters. The van der Waals surface area contributed by atoms with Gasteiger partial charge in [-0.1, -0.05) is 0 Å². The molecule has 1 aromatic heterocycles. The molecule has 0 N–H and O–H groups in total. The van der Waals surface area contributed by atoms with E-state index in [9.17, 15) is 4.79 Å². The predicted molar refractivity (Wildman–Crippen MR) is 62.4 cm³/mol. The molecule has 6 heteroatoms. The van der Waals surface area contributed by atoms with Gasteiger partial charge in [0, 0.05) is 32.8 Å². The second-order valence-corrected chi connectivity index (χ2v) is 4.31. The topological polar surface area (TPSA) is 61.9 Å². The van der Waals surface area contributed by atoms with E-state index in [0.717, 1.165) is 4.47 Å². The van der Waals surface area contributed by atoms with Crippen molar-refractivity contribution in [3.8, 4) is 6.07 Å². The molecule has 0 aliphatic rings. The monoisotopic (exact) mass is 284 g/mol. The van der Waals surface area contributed by atoms with Gasteiger partial charge in [-0.2, -0.15) is 10.4 Å². The Hall–Kier alpha value is -1.35. The zero-order chi connectivity index (χ0) is 12.0. The lowest BCUT2D eigenvalue weighted by Crippen LogP contribution is -2.28. The molecular formula is C10H13BrN4O. The minimum atomic E-state index is 0.0295. The second kappa shape index (κ2) is 6.28. The van der Waals surface area contributed by atoms with Gasteiger partial charge in [0.25, 0.3) is 0 Å². The summed E-state index contributed by atoms with van der Waals surface area (Å²) < 4.78 is 2.61. The van der Waals surface area contributed by atoms with Crippen molar-refractivity contribution < 1.29 is 4.79 Å². The Bertz CT molecular complexity index is 396. The normalized spacial score (nSPS) is 9.81. The summed E-state index contributed by atoms with van der Waals surface area (Å²) in [5.74, 6) is 0.0295. The number of aromatic nitrogens is 2. The van der Waals surface area contributed by atoms with E-state index >= 15 is 0 Å². The molecule has 0 fully saturated rings. The van der Waals surface area contributed by atoms with Crippen molar-refractivity contribution in [1.82, 2.24) is 14.7 Å². The van der Waals surface area contributed by atoms with Crippen LogP contribution in [0.15, 0.2) is 16.9 Å². The fourth-order valence-electron chi connectivity index (χ4n) is 1.20. The molecule has 5 nitrogen and oxygen atoms in total. The SMILES string of the molecule is CN(CCC#N)C(=O)CCn1cc(Br)cn1. The standard InChI is InChI=1S/C10H13BrN4O/c1-14(5-2-4-12)10(16)3-6-15-8-9(11)7-13-15/h7-8H,2-3,5-6H2,1H3. The van der Waals surface area contributed by atoms with Crippen molar-refractivity contribution in [2.75, 3.05) is 13.6 Å². The zero-order valence-corrected chi connectivity index (χ0v) is 10.6. The largest absolute Gasteiger partial charge is 0.345 e. The number of carbonyl (C=O) groups excluding carboxylic acids is 1. The summed E-state index contributed by atoms with van der Waals surface area (Å²) in [6.07, 6.45) is 4.28. The Balaban J connectivity index is 2.32. The van der Waals surface area contributed by atoms with Crippen LogP contribution in [0, 0.1) is 11.3 Å². The number of rotatable bonds is 5. The van der Waals surface area contributed by atoms with Crippen LogP contribution in [-0.4, -0.2) is 34.2 Å². The minimum Gasteiger partial charge on any atom is -0.345 e. The highest BCUT2D eigenvalue weighted by molar-refractivity contribution is 9.10. The van der Waals surface area contributed by atoms with E-state index in [4.69, 9.17) is 5.26 Å². The summed E-state index contributed by atoms with van der Waals surface area (Å²) in [5.41, 5.74) is 0. The molecule has 0 aliphatic heterocycles. The molecule has 1 heterocycles. The molecule has 86 valence electrons. The van der Waals surface area contributed by atoms with Crippen LogP contribution in [0.2, 0.25) is 0 Å². The molecule has 0 spiro atoms. The Labute approximate surface area is 103 Å². The Kier molecular flexibility index (Phi) is 4.99. The summed E-state index contributed by atoms with van der Waals surface area (Å²) in [7, 11) is 1.71. The fraction of sp³-hybridized carbons (Fsp3) is 0.500. The number of aryl methyl sites for hydroxylation is 1. The Morgan fingerprint density at radius 3 is 3.06 bits per heavy atom. The Morgan fingerprint density at radius 1 is 1.75 bits per heavy atom. The highest BCUT2D eigenvalue weighted by Gasteiger charge is 2.08. The first-order valence-corrected chi connectivity index (χ1v) is 5.71. The van der Waals surface area contributed by atoms with E-state index in [1.54, 1.807) is 22.8 Å². The van der Waals surface area contributed by atoms with Gasteiger partial charge in [0.1, 0.15) is 0 Å². The van der Waals surface area contributed by atoms with Crippen molar-refractivity contribution in [2.45, 2.75) is 19.4 Å². The van der Waals surface area contributed by atoms with Crippen LogP contribution in [0.5, 0.6) is 0 Å². The molecule has 0 bridgehead atoms. The van der Waals surface area contributed by atoms with Crippen LogP contribution in [0.25, 0.3) is 0 Å². The first-order chi connectivity index (χ1) is 7.63. The summed E-state index contributed by atoms with van der Waals surface area (Å²) >= 11 is 3.29. The fourth-order valence-corrected chi connectivity index (χ4v) is 1.53. The first kappa shape index (κ1) is 12.7. The highest BCUT2D eigenvalue weighted by Crippen LogP contribution is 2.06. The van der Waals surface area contributed by atoms with E-state index < -0.39 is 0 Å². The van der Waals surface area contributed by atoms with E-state index in [0.29, 0.717) is 25.9 Å². The lowest BCUT2D eigenvalue weighted by molar-refractivity contribution is -0.130. The molecule has 0 aromatic carbocycles. The van der Waals surface area contributed by atoms with Gasteiger partial charge >= 0.3 is 0 Å². The lowest BCUT2D eigenvalue weighted by atomic mass is 10.3. The van der Waals surface area contributed by atoms with Gasteiger partial charge in [-0.3, -0.25) is 9.48 Å². The average molecular weight is 285 g/mol. The zero-order valence-electron chi connectivity index (χ0n) is 9.06. The third kappa shape index (κ3) is 4.03. The average Bonchev–Trinajstić information content (AvgIpc) is 2.68. The first-order valence-electron chi connectivity index (χ1n) is 4.92. The smallest absolute Gasteiger partial charge is 0.224 e. The number of halogens is 1. The maximum Gasteiger partial charge on any atom is 0.224 e. The van der Waals surface area contributed by atoms with Crippen molar-refractivity contribution in [3.05, 3.63) is 16.9 Å². The van der Waals surface area contributed by atoms with Crippen LogP contribution in [0.1, 0.15) is 12.8 Å². The van der Waals surface area contributed by atoms with Gasteiger partial charge in [0.05, 0.1) is 23.2 Å². The van der Waals surface area contributed by atoms with Gasteiger partial charge in [-0.05, 0) is 15.9 Å². The second-order valence-electron chi connectivity index (χ2n) is 3.40.